The third-order valence-electron chi connectivity index (χ3n) is 11.8. The molecule has 3 aromatic rings. The Hall–Kier alpha value is -3.46. The van der Waals surface area contributed by atoms with Crippen molar-refractivity contribution in [1.29, 1.82) is 0 Å². The van der Waals surface area contributed by atoms with Gasteiger partial charge in [0.1, 0.15) is 25.1 Å². The monoisotopic (exact) mass is 742 g/mol. The fourth-order valence-corrected chi connectivity index (χ4v) is 11.5. The number of esters is 2. The molecule has 53 heavy (non-hydrogen) atoms. The molecule has 0 unspecified atom stereocenters. The molecule has 2 aliphatic rings. The minimum Gasteiger partial charge on any atom is -0.482 e. The number of hydrogen-bond acceptors (Lipinski definition) is 7. The highest BCUT2D eigenvalue weighted by atomic mass is 28.4. The highest BCUT2D eigenvalue weighted by Gasteiger charge is 2.48. The second kappa shape index (κ2) is 20.8. The summed E-state index contributed by atoms with van der Waals surface area (Å²) < 4.78 is 30.9. The molecular formula is C45H62O7Si. The van der Waals surface area contributed by atoms with Gasteiger partial charge >= 0.3 is 11.9 Å². The van der Waals surface area contributed by atoms with E-state index in [0.717, 1.165) is 92.8 Å². The standard InChI is InChI=1S/C45H62O7Si/c1-5-9-12-23-38(51-45(47)32-48-30-34-18-13-10-14-19-34)25-26-39-40-27-36-22-17-24-42(49-33-44(46)50-31-35-20-15-11-16-21-35)41(36)28-37(40)29-43(39)52-53(6-2,7-3)8-4/h10-11,13-22,24,37-40,43H,5-9,12,23,25-33H2,1-4H3/t37-,38-,39+,40-,43+/m0/s1. The minimum atomic E-state index is -1.87. The maximum absolute atomic E-state index is 13.0. The third kappa shape index (κ3) is 11.8. The van der Waals surface area contributed by atoms with Crippen molar-refractivity contribution < 1.29 is 33.0 Å². The molecular weight excluding hydrogens is 681 g/mol. The molecule has 288 valence electrons. The summed E-state index contributed by atoms with van der Waals surface area (Å²) in [5, 5.41) is 0. The fraction of sp³-hybridized carbons (Fsp3) is 0.556. The Kier molecular flexibility index (Phi) is 16.0. The SMILES string of the molecule is CCCCC[C@@H](CC[C@@H]1[C@H]2Cc3cccc(OCC(=O)OCc4ccccc4)c3C[C@H]2C[C@H]1O[Si](CC)(CC)CC)OC(=O)COCc1ccccc1. The summed E-state index contributed by atoms with van der Waals surface area (Å²) in [5.41, 5.74) is 4.52. The lowest BCUT2D eigenvalue weighted by Crippen LogP contribution is -2.42. The Labute approximate surface area is 319 Å². The van der Waals surface area contributed by atoms with Gasteiger partial charge in [-0.25, -0.2) is 9.59 Å². The molecule has 8 heteroatoms. The van der Waals surface area contributed by atoms with Crippen LogP contribution in [0.3, 0.4) is 0 Å². The van der Waals surface area contributed by atoms with Crippen molar-refractivity contribution in [3.05, 3.63) is 101 Å². The summed E-state index contributed by atoms with van der Waals surface area (Å²) >= 11 is 0. The predicted molar refractivity (Wildman–Crippen MR) is 212 cm³/mol. The highest BCUT2D eigenvalue weighted by Crippen LogP contribution is 2.50. The van der Waals surface area contributed by atoms with Crippen molar-refractivity contribution in [2.45, 2.75) is 129 Å². The summed E-state index contributed by atoms with van der Waals surface area (Å²) in [6.45, 7) is 9.62. The first-order valence-electron chi connectivity index (χ1n) is 20.3. The van der Waals surface area contributed by atoms with Gasteiger partial charge in [0.15, 0.2) is 14.9 Å². The van der Waals surface area contributed by atoms with E-state index in [1.54, 1.807) is 0 Å². The Morgan fingerprint density at radius 1 is 0.755 bits per heavy atom. The van der Waals surface area contributed by atoms with Crippen LogP contribution < -0.4 is 4.74 Å². The average Bonchev–Trinajstić information content (AvgIpc) is 3.52. The number of fused-ring (bicyclic) bond motifs is 2. The van der Waals surface area contributed by atoms with Crippen LogP contribution in [-0.4, -0.2) is 45.7 Å². The minimum absolute atomic E-state index is 0.0391. The van der Waals surface area contributed by atoms with E-state index < -0.39 is 8.32 Å². The smallest absolute Gasteiger partial charge is 0.344 e. The molecule has 5 rings (SSSR count). The van der Waals surface area contributed by atoms with E-state index >= 15 is 0 Å². The van der Waals surface area contributed by atoms with Gasteiger partial charge in [-0.15, -0.1) is 0 Å². The quantitative estimate of drug-likeness (QED) is 0.0576. The van der Waals surface area contributed by atoms with Gasteiger partial charge in [0.25, 0.3) is 0 Å². The summed E-state index contributed by atoms with van der Waals surface area (Å²) in [7, 11) is -1.87. The van der Waals surface area contributed by atoms with Crippen molar-refractivity contribution in [2.24, 2.45) is 17.8 Å². The highest BCUT2D eigenvalue weighted by molar-refractivity contribution is 6.73. The largest absolute Gasteiger partial charge is 0.482 e. The Morgan fingerprint density at radius 3 is 2.13 bits per heavy atom. The first-order valence-corrected chi connectivity index (χ1v) is 22.8. The Balaban J connectivity index is 1.25. The molecule has 2 aliphatic carbocycles. The van der Waals surface area contributed by atoms with Gasteiger partial charge in [-0.3, -0.25) is 0 Å². The van der Waals surface area contributed by atoms with Crippen molar-refractivity contribution in [1.82, 2.24) is 0 Å². The molecule has 0 heterocycles. The zero-order valence-electron chi connectivity index (χ0n) is 32.6. The second-order valence-electron chi connectivity index (χ2n) is 15.1. The van der Waals surface area contributed by atoms with Crippen LogP contribution in [0, 0.1) is 17.8 Å². The summed E-state index contributed by atoms with van der Waals surface area (Å²) in [6.07, 6.45) is 8.96. The topological polar surface area (TPSA) is 80.3 Å². The number of benzene rings is 3. The molecule has 0 saturated heterocycles. The van der Waals surface area contributed by atoms with Gasteiger partial charge in [-0.05, 0) is 109 Å². The van der Waals surface area contributed by atoms with Crippen LogP contribution >= 0.6 is 0 Å². The van der Waals surface area contributed by atoms with E-state index in [4.69, 9.17) is 23.4 Å². The molecule has 0 radical (unpaired) electrons. The number of ether oxygens (including phenoxy) is 4. The maximum atomic E-state index is 13.0. The van der Waals surface area contributed by atoms with Gasteiger partial charge in [-0.1, -0.05) is 113 Å². The van der Waals surface area contributed by atoms with E-state index in [9.17, 15) is 9.59 Å². The lowest BCUT2D eigenvalue weighted by atomic mass is 9.73. The first kappa shape index (κ1) is 40.7. The van der Waals surface area contributed by atoms with Crippen LogP contribution in [0.2, 0.25) is 18.1 Å². The molecule has 0 aliphatic heterocycles. The number of hydrogen-bond donors (Lipinski definition) is 0. The number of rotatable bonds is 22. The molecule has 0 spiro atoms. The maximum Gasteiger partial charge on any atom is 0.344 e. The number of unbranched alkanes of at least 4 members (excludes halogenated alkanes) is 2. The number of carbonyl (C=O) groups is 2. The molecule has 5 atom stereocenters. The van der Waals surface area contributed by atoms with E-state index in [1.165, 1.54) is 11.1 Å². The molecule has 1 fully saturated rings. The molecule has 0 bridgehead atoms. The van der Waals surface area contributed by atoms with Crippen LogP contribution in [0.25, 0.3) is 0 Å². The van der Waals surface area contributed by atoms with E-state index in [0.29, 0.717) is 24.4 Å². The van der Waals surface area contributed by atoms with Crippen LogP contribution in [0.1, 0.15) is 94.9 Å². The first-order chi connectivity index (χ1) is 25.9. The molecule has 7 nitrogen and oxygen atoms in total. The Bertz CT molecular complexity index is 1530. The van der Waals surface area contributed by atoms with Gasteiger partial charge in [-0.2, -0.15) is 0 Å². The summed E-state index contributed by atoms with van der Waals surface area (Å²) in [4.78, 5) is 25.7. The van der Waals surface area contributed by atoms with Gasteiger partial charge < -0.3 is 23.4 Å². The van der Waals surface area contributed by atoms with Crippen molar-refractivity contribution in [3.63, 3.8) is 0 Å². The van der Waals surface area contributed by atoms with Crippen LogP contribution in [0.15, 0.2) is 78.9 Å². The zero-order chi connectivity index (χ0) is 37.5. The predicted octanol–water partition coefficient (Wildman–Crippen LogP) is 10.0. The molecule has 0 amide bonds. The lowest BCUT2D eigenvalue weighted by Gasteiger charge is -2.36. The van der Waals surface area contributed by atoms with Crippen molar-refractivity contribution >= 4 is 20.3 Å². The zero-order valence-corrected chi connectivity index (χ0v) is 33.6. The lowest BCUT2D eigenvalue weighted by molar-refractivity contribution is -0.156. The molecule has 1 saturated carbocycles. The van der Waals surface area contributed by atoms with Crippen LogP contribution in [0.4, 0.5) is 0 Å². The van der Waals surface area contributed by atoms with E-state index in [2.05, 4.69) is 33.8 Å². The van der Waals surface area contributed by atoms with E-state index in [1.807, 2.05) is 72.8 Å². The van der Waals surface area contributed by atoms with Crippen molar-refractivity contribution in [2.75, 3.05) is 13.2 Å². The van der Waals surface area contributed by atoms with Crippen LogP contribution in [0.5, 0.6) is 5.75 Å². The Morgan fingerprint density at radius 2 is 1.45 bits per heavy atom. The summed E-state index contributed by atoms with van der Waals surface area (Å²) in [6, 6.07) is 29.3. The normalized spacial score (nSPS) is 19.9. The average molecular weight is 743 g/mol. The van der Waals surface area contributed by atoms with Crippen molar-refractivity contribution in [3.8, 4) is 5.75 Å². The van der Waals surface area contributed by atoms with Gasteiger partial charge in [0.2, 0.25) is 0 Å². The molecule has 0 aromatic heterocycles. The van der Waals surface area contributed by atoms with E-state index in [-0.39, 0.29) is 44.0 Å². The molecule has 0 N–H and O–H groups in total. The fourth-order valence-electron chi connectivity index (χ4n) is 8.59. The van der Waals surface area contributed by atoms with Gasteiger partial charge in [0.05, 0.1) is 6.61 Å². The second-order valence-corrected chi connectivity index (χ2v) is 19.8. The molecule has 3 aromatic carbocycles. The third-order valence-corrected chi connectivity index (χ3v) is 16.5. The number of carbonyl (C=O) groups excluding carboxylic acids is 2. The van der Waals surface area contributed by atoms with Gasteiger partial charge in [0, 0.05) is 6.10 Å². The van der Waals surface area contributed by atoms with Crippen LogP contribution in [-0.2, 0) is 54.3 Å². The summed E-state index contributed by atoms with van der Waals surface area (Å²) in [5.74, 6) is 1.48.